The summed E-state index contributed by atoms with van der Waals surface area (Å²) < 4.78 is 0.976. The van der Waals surface area contributed by atoms with Gasteiger partial charge in [-0.2, -0.15) is 0 Å². The summed E-state index contributed by atoms with van der Waals surface area (Å²) in [6, 6.07) is 7.35. The van der Waals surface area contributed by atoms with Crippen molar-refractivity contribution in [2.45, 2.75) is 44.2 Å². The molecule has 0 atom stereocenters. The second-order valence-corrected chi connectivity index (χ2v) is 8.12. The number of halogens is 1. The van der Waals surface area contributed by atoms with E-state index in [1.54, 1.807) is 23.9 Å². The van der Waals surface area contributed by atoms with E-state index in [4.69, 9.17) is 0 Å². The quantitative estimate of drug-likeness (QED) is 0.701. The van der Waals surface area contributed by atoms with Crippen molar-refractivity contribution in [3.63, 3.8) is 0 Å². The summed E-state index contributed by atoms with van der Waals surface area (Å²) in [5.41, 5.74) is 0.254. The summed E-state index contributed by atoms with van der Waals surface area (Å²) in [7, 11) is 3.37. The van der Waals surface area contributed by atoms with Crippen molar-refractivity contribution in [1.29, 1.82) is 0 Å². The zero-order chi connectivity index (χ0) is 18.9. The fraction of sp³-hybridized carbons (Fsp3) is 0.526. The number of rotatable bonds is 4. The van der Waals surface area contributed by atoms with Gasteiger partial charge in [0.2, 0.25) is 5.91 Å². The summed E-state index contributed by atoms with van der Waals surface area (Å²) in [6.45, 7) is 0.236. The highest BCUT2D eigenvalue weighted by atomic mass is 79.9. The Hall–Kier alpha value is -1.89. The predicted molar refractivity (Wildman–Crippen MR) is 101 cm³/mol. The molecule has 6 nitrogen and oxygen atoms in total. The maximum absolute atomic E-state index is 12.9. The predicted octanol–water partition coefficient (Wildman–Crippen LogP) is 3.00. The molecule has 1 aliphatic heterocycles. The molecule has 0 bridgehead atoms. The van der Waals surface area contributed by atoms with E-state index in [-0.39, 0.29) is 24.4 Å². The van der Waals surface area contributed by atoms with Gasteiger partial charge in [0.25, 0.3) is 5.91 Å². The third-order valence-electron chi connectivity index (χ3n) is 5.54. The van der Waals surface area contributed by atoms with Crippen LogP contribution in [0.25, 0.3) is 0 Å². The van der Waals surface area contributed by atoms with Crippen LogP contribution in [-0.2, 0) is 16.1 Å². The first-order valence-electron chi connectivity index (χ1n) is 8.93. The van der Waals surface area contributed by atoms with E-state index in [1.807, 2.05) is 24.3 Å². The van der Waals surface area contributed by atoms with Gasteiger partial charge in [-0.25, -0.2) is 4.79 Å². The lowest BCUT2D eigenvalue weighted by atomic mass is 9.81. The number of nitrogens with zero attached hydrogens (tertiary/aromatic N) is 3. The van der Waals surface area contributed by atoms with Crippen molar-refractivity contribution in [2.75, 3.05) is 20.6 Å². The van der Waals surface area contributed by atoms with Crippen LogP contribution in [0, 0.1) is 0 Å². The molecule has 7 heteroatoms. The Morgan fingerprint density at radius 1 is 1.15 bits per heavy atom. The Morgan fingerprint density at radius 3 is 2.38 bits per heavy atom. The van der Waals surface area contributed by atoms with Crippen LogP contribution < -0.4 is 0 Å². The highest BCUT2D eigenvalue weighted by Gasteiger charge is 2.55. The van der Waals surface area contributed by atoms with E-state index in [2.05, 4.69) is 15.9 Å². The number of likely N-dealkylation sites (N-methyl/N-ethyl adjacent to an activating group) is 2. The number of urea groups is 1. The molecule has 1 aromatic rings. The highest BCUT2D eigenvalue weighted by molar-refractivity contribution is 9.10. The third-order valence-corrected chi connectivity index (χ3v) is 6.06. The lowest BCUT2D eigenvalue weighted by molar-refractivity contribution is -0.140. The van der Waals surface area contributed by atoms with Crippen LogP contribution in [0.1, 0.15) is 37.7 Å². The minimum atomic E-state index is -0.736. The minimum Gasteiger partial charge on any atom is -0.340 e. The van der Waals surface area contributed by atoms with E-state index < -0.39 is 5.54 Å². The average Bonchev–Trinajstić information content (AvgIpc) is 2.80. The zero-order valence-electron chi connectivity index (χ0n) is 15.2. The number of hydrogen-bond acceptors (Lipinski definition) is 3. The molecule has 0 radical (unpaired) electrons. The normalized spacial score (nSPS) is 19.3. The fourth-order valence-corrected chi connectivity index (χ4v) is 4.14. The van der Waals surface area contributed by atoms with Crippen LogP contribution in [0.2, 0.25) is 0 Å². The standard InChI is InChI=1S/C19H24BrN3O3/c1-21(12-14-6-8-15(20)9-7-14)16(24)13-23-17(25)19(22(2)18(23)26)10-4-3-5-11-19/h6-9H,3-5,10-13H2,1-2H3. The topological polar surface area (TPSA) is 60.9 Å². The van der Waals surface area contributed by atoms with Crippen molar-refractivity contribution < 1.29 is 14.4 Å². The Labute approximate surface area is 162 Å². The van der Waals surface area contributed by atoms with E-state index in [1.165, 1.54) is 0 Å². The second kappa shape index (κ2) is 7.39. The first-order valence-corrected chi connectivity index (χ1v) is 9.72. The molecule has 140 valence electrons. The van der Waals surface area contributed by atoms with Gasteiger partial charge in [0.1, 0.15) is 12.1 Å². The zero-order valence-corrected chi connectivity index (χ0v) is 16.8. The highest BCUT2D eigenvalue weighted by Crippen LogP contribution is 2.39. The molecule has 1 aliphatic carbocycles. The largest absolute Gasteiger partial charge is 0.340 e. The van der Waals surface area contributed by atoms with Crippen LogP contribution in [0.3, 0.4) is 0 Å². The molecule has 1 aromatic carbocycles. The molecule has 0 aromatic heterocycles. The third kappa shape index (κ3) is 3.37. The SMILES string of the molecule is CN(Cc1ccc(Br)cc1)C(=O)CN1C(=O)N(C)C2(CCCCC2)C1=O. The smallest absolute Gasteiger partial charge is 0.327 e. The molecule has 1 heterocycles. The number of carbonyl (C=O) groups is 3. The number of amides is 4. The van der Waals surface area contributed by atoms with Gasteiger partial charge < -0.3 is 9.80 Å². The monoisotopic (exact) mass is 421 g/mol. The van der Waals surface area contributed by atoms with E-state index in [9.17, 15) is 14.4 Å². The Bertz CT molecular complexity index is 713. The van der Waals surface area contributed by atoms with E-state index in [0.717, 1.165) is 34.2 Å². The summed E-state index contributed by atoms with van der Waals surface area (Å²) in [5.74, 6) is -0.453. The van der Waals surface area contributed by atoms with Crippen molar-refractivity contribution >= 4 is 33.8 Å². The molecule has 0 N–H and O–H groups in total. The second-order valence-electron chi connectivity index (χ2n) is 7.20. The van der Waals surface area contributed by atoms with Crippen molar-refractivity contribution in [3.8, 4) is 0 Å². The molecule has 4 amide bonds. The van der Waals surface area contributed by atoms with Crippen LogP contribution in [0.15, 0.2) is 28.7 Å². The summed E-state index contributed by atoms with van der Waals surface area (Å²) in [4.78, 5) is 42.4. The van der Waals surface area contributed by atoms with Gasteiger partial charge in [-0.15, -0.1) is 0 Å². The molecule has 2 fully saturated rings. The number of hydrogen-bond donors (Lipinski definition) is 0. The van der Waals surface area contributed by atoms with Gasteiger partial charge in [-0.3, -0.25) is 14.5 Å². The molecule has 2 aliphatic rings. The van der Waals surface area contributed by atoms with Gasteiger partial charge in [0, 0.05) is 25.1 Å². The molecule has 1 saturated heterocycles. The van der Waals surface area contributed by atoms with Gasteiger partial charge in [-0.05, 0) is 30.5 Å². The fourth-order valence-electron chi connectivity index (χ4n) is 3.88. The lowest BCUT2D eigenvalue weighted by Gasteiger charge is -2.35. The van der Waals surface area contributed by atoms with Gasteiger partial charge >= 0.3 is 6.03 Å². The summed E-state index contributed by atoms with van der Waals surface area (Å²) in [6.07, 6.45) is 4.34. The first kappa shape index (κ1) is 18.9. The molecule has 1 spiro atoms. The molecule has 26 heavy (non-hydrogen) atoms. The average molecular weight is 422 g/mol. The minimum absolute atomic E-state index is 0.198. The number of imide groups is 1. The van der Waals surface area contributed by atoms with Gasteiger partial charge in [0.05, 0.1) is 0 Å². The Morgan fingerprint density at radius 2 is 1.77 bits per heavy atom. The van der Waals surface area contributed by atoms with E-state index >= 15 is 0 Å². The van der Waals surface area contributed by atoms with E-state index in [0.29, 0.717) is 19.4 Å². The molecular formula is C19H24BrN3O3. The summed E-state index contributed by atoms with van der Waals surface area (Å²) >= 11 is 3.39. The Balaban J connectivity index is 1.67. The van der Waals surface area contributed by atoms with Crippen LogP contribution >= 0.6 is 15.9 Å². The maximum atomic E-state index is 12.9. The van der Waals surface area contributed by atoms with Gasteiger partial charge in [-0.1, -0.05) is 47.3 Å². The summed E-state index contributed by atoms with van der Waals surface area (Å²) in [5, 5.41) is 0. The Kier molecular flexibility index (Phi) is 5.37. The van der Waals surface area contributed by atoms with Crippen molar-refractivity contribution in [1.82, 2.24) is 14.7 Å². The molecule has 0 unspecified atom stereocenters. The van der Waals surface area contributed by atoms with Gasteiger partial charge in [0.15, 0.2) is 0 Å². The van der Waals surface area contributed by atoms with Crippen LogP contribution in [0.5, 0.6) is 0 Å². The first-order chi connectivity index (χ1) is 12.3. The molecule has 1 saturated carbocycles. The van der Waals surface area contributed by atoms with Crippen LogP contribution in [-0.4, -0.2) is 58.7 Å². The lowest BCUT2D eigenvalue weighted by Crippen LogP contribution is -2.49. The number of benzene rings is 1. The van der Waals surface area contributed by atoms with Crippen molar-refractivity contribution in [2.24, 2.45) is 0 Å². The van der Waals surface area contributed by atoms with Crippen molar-refractivity contribution in [3.05, 3.63) is 34.3 Å². The molecular weight excluding hydrogens is 398 g/mol. The molecule has 3 rings (SSSR count). The number of carbonyl (C=O) groups excluding carboxylic acids is 3. The maximum Gasteiger partial charge on any atom is 0.327 e. The van der Waals surface area contributed by atoms with Crippen LogP contribution in [0.4, 0.5) is 4.79 Å².